The molecule has 160 valence electrons. The van der Waals surface area contributed by atoms with Gasteiger partial charge in [-0.05, 0) is 24.6 Å². The molecule has 1 unspecified atom stereocenters. The predicted octanol–water partition coefficient (Wildman–Crippen LogP) is 1.92. The number of rotatable bonds is 5. The lowest BCUT2D eigenvalue weighted by atomic mass is 9.83. The van der Waals surface area contributed by atoms with Crippen LogP contribution in [0.5, 0.6) is 5.75 Å². The summed E-state index contributed by atoms with van der Waals surface area (Å²) in [5, 5.41) is 8.28. The molecule has 0 saturated carbocycles. The average molecular weight is 439 g/mol. The molecule has 4 rings (SSSR count). The molecule has 0 spiro atoms. The summed E-state index contributed by atoms with van der Waals surface area (Å²) < 4.78 is 39.9. The van der Waals surface area contributed by atoms with Gasteiger partial charge in [-0.25, -0.2) is 9.97 Å². The monoisotopic (exact) mass is 439 g/mol. The van der Waals surface area contributed by atoms with Crippen LogP contribution in [0.1, 0.15) is 21.1 Å². The summed E-state index contributed by atoms with van der Waals surface area (Å²) in [6.07, 6.45) is 3.91. The Kier molecular flexibility index (Phi) is 5.64. The molecule has 0 aliphatic carbocycles. The maximum absolute atomic E-state index is 12.6. The molecule has 4 heterocycles. The Bertz CT molecular complexity index is 972. The summed E-state index contributed by atoms with van der Waals surface area (Å²) in [7, 11) is 0. The van der Waals surface area contributed by atoms with E-state index < -0.39 is 24.4 Å². The number of nitrogens with one attached hydrogen (secondary N) is 2. The fourth-order valence-corrected chi connectivity index (χ4v) is 4.36. The second-order valence-corrected chi connectivity index (χ2v) is 7.68. The normalized spacial score (nSPS) is 25.5. The highest BCUT2D eigenvalue weighted by molar-refractivity contribution is 7.10. The number of aromatic nitrogens is 2. The van der Waals surface area contributed by atoms with Gasteiger partial charge in [0.1, 0.15) is 34.4 Å². The lowest BCUT2D eigenvalue weighted by Crippen LogP contribution is -2.64. The Balaban J connectivity index is 1.52. The quantitative estimate of drug-likeness (QED) is 0.646. The van der Waals surface area contributed by atoms with E-state index in [1.165, 1.54) is 17.4 Å². The Labute approximate surface area is 174 Å². The van der Waals surface area contributed by atoms with Crippen LogP contribution < -0.4 is 21.1 Å². The van der Waals surface area contributed by atoms with Crippen molar-refractivity contribution in [2.24, 2.45) is 11.7 Å². The van der Waals surface area contributed by atoms with Crippen LogP contribution in [0.2, 0.25) is 0 Å². The van der Waals surface area contributed by atoms with Crippen molar-refractivity contribution in [2.45, 2.75) is 25.4 Å². The van der Waals surface area contributed by atoms with Gasteiger partial charge in [0, 0.05) is 11.3 Å². The number of aryl methyl sites for hydroxylation is 1. The minimum absolute atomic E-state index is 0.0351. The molecule has 4 N–H and O–H groups in total. The summed E-state index contributed by atoms with van der Waals surface area (Å²) in [6, 6.07) is 1.32. The smallest absolute Gasteiger partial charge is 0.387 e. The second kappa shape index (κ2) is 8.22. The molecule has 30 heavy (non-hydrogen) atoms. The fraction of sp³-hybridized carbons (Fsp3) is 0.389. The molecule has 1 fully saturated rings. The van der Waals surface area contributed by atoms with Crippen LogP contribution in [-0.2, 0) is 15.0 Å². The molecule has 9 nitrogen and oxygen atoms in total. The van der Waals surface area contributed by atoms with E-state index in [1.807, 2.05) is 6.08 Å². The summed E-state index contributed by atoms with van der Waals surface area (Å²) in [4.78, 5) is 21.1. The number of fused-ring (bicyclic) bond motifs is 1. The van der Waals surface area contributed by atoms with Crippen molar-refractivity contribution in [1.29, 1.82) is 0 Å². The van der Waals surface area contributed by atoms with Crippen molar-refractivity contribution >= 4 is 23.1 Å². The molecule has 0 aromatic carbocycles. The van der Waals surface area contributed by atoms with Gasteiger partial charge in [-0.3, -0.25) is 15.8 Å². The first-order valence-electron chi connectivity index (χ1n) is 8.99. The molecule has 1 amide bonds. The van der Waals surface area contributed by atoms with Crippen LogP contribution in [-0.4, -0.2) is 42.1 Å². The second-order valence-electron chi connectivity index (χ2n) is 6.82. The molecule has 3 atom stereocenters. The Morgan fingerprint density at radius 2 is 2.37 bits per heavy atom. The third kappa shape index (κ3) is 3.99. The van der Waals surface area contributed by atoms with E-state index in [0.717, 1.165) is 6.20 Å². The number of hydrogen-bond donors (Lipinski definition) is 3. The number of amides is 1. The predicted molar refractivity (Wildman–Crippen MR) is 103 cm³/mol. The number of pyridine rings is 1. The van der Waals surface area contributed by atoms with Gasteiger partial charge >= 0.3 is 6.61 Å². The number of nitrogens with zero attached hydrogens (tertiary/aromatic N) is 2. The molecular formula is C18H19F2N5O4S. The van der Waals surface area contributed by atoms with Crippen LogP contribution in [0.15, 0.2) is 30.0 Å². The Hall–Kier alpha value is -2.67. The lowest BCUT2D eigenvalue weighted by molar-refractivity contribution is -0.0964. The average Bonchev–Trinajstić information content (AvgIpc) is 3.16. The standard InChI is InChI=1S/C18H19F2N5O4S/c1-9-4-11(29-16(19)20)5-22-13(9)14(26)23-12-7-30-15(24-12)18-8-27-3-2-10(18)6-28-17(21)25-18/h2-5,7,10,16-17,25H,6,8,21H2,1H3,(H,23,26)/t10-,17?,18-/m0/s1. The third-order valence-corrected chi connectivity index (χ3v) is 5.85. The number of thiazole rings is 1. The topological polar surface area (TPSA) is 121 Å². The van der Waals surface area contributed by atoms with Gasteiger partial charge in [0.2, 0.25) is 0 Å². The van der Waals surface area contributed by atoms with Crippen LogP contribution in [0.3, 0.4) is 0 Å². The number of anilines is 1. The van der Waals surface area contributed by atoms with Gasteiger partial charge in [0.05, 0.1) is 19.1 Å². The molecule has 12 heteroatoms. The molecule has 2 aromatic heterocycles. The van der Waals surface area contributed by atoms with Crippen molar-refractivity contribution < 1.29 is 27.8 Å². The van der Waals surface area contributed by atoms with E-state index in [-0.39, 0.29) is 17.4 Å². The zero-order chi connectivity index (χ0) is 21.3. The largest absolute Gasteiger partial charge is 0.499 e. The third-order valence-electron chi connectivity index (χ3n) is 4.83. The van der Waals surface area contributed by atoms with E-state index in [2.05, 4.69) is 25.3 Å². The minimum atomic E-state index is -2.96. The molecule has 1 saturated heterocycles. The molecule has 2 aliphatic heterocycles. The molecular weight excluding hydrogens is 420 g/mol. The number of alkyl halides is 2. The van der Waals surface area contributed by atoms with Gasteiger partial charge in [-0.15, -0.1) is 11.3 Å². The first kappa shape index (κ1) is 20.6. The SMILES string of the molecule is Cc1cc(OC(F)F)cnc1C(=O)Nc1csc([C@]23COC=C[C@H]2COC(N)N3)n1. The number of carbonyl (C=O) groups is 1. The summed E-state index contributed by atoms with van der Waals surface area (Å²) in [5.74, 6) is -0.337. The van der Waals surface area contributed by atoms with Gasteiger partial charge in [0.25, 0.3) is 5.91 Å². The highest BCUT2D eigenvalue weighted by Gasteiger charge is 2.48. The van der Waals surface area contributed by atoms with E-state index in [0.29, 0.717) is 29.6 Å². The lowest BCUT2D eigenvalue weighted by Gasteiger charge is -2.45. The van der Waals surface area contributed by atoms with Crippen molar-refractivity contribution in [3.63, 3.8) is 0 Å². The summed E-state index contributed by atoms with van der Waals surface area (Å²) >= 11 is 1.35. The maximum Gasteiger partial charge on any atom is 0.387 e. The molecule has 2 aromatic rings. The summed E-state index contributed by atoms with van der Waals surface area (Å²) in [6.45, 7) is -0.660. The van der Waals surface area contributed by atoms with E-state index in [4.69, 9.17) is 15.2 Å². The van der Waals surface area contributed by atoms with Crippen molar-refractivity contribution in [3.05, 3.63) is 46.2 Å². The van der Waals surface area contributed by atoms with Gasteiger partial charge < -0.3 is 19.5 Å². The van der Waals surface area contributed by atoms with Crippen LogP contribution in [0.25, 0.3) is 0 Å². The first-order valence-corrected chi connectivity index (χ1v) is 9.87. The van der Waals surface area contributed by atoms with Gasteiger partial charge in [-0.2, -0.15) is 8.78 Å². The van der Waals surface area contributed by atoms with Crippen LogP contribution in [0.4, 0.5) is 14.6 Å². The number of halogens is 2. The van der Waals surface area contributed by atoms with E-state index >= 15 is 0 Å². The van der Waals surface area contributed by atoms with Crippen molar-refractivity contribution in [2.75, 3.05) is 18.5 Å². The fourth-order valence-electron chi connectivity index (χ4n) is 3.40. The zero-order valence-electron chi connectivity index (χ0n) is 15.8. The maximum atomic E-state index is 12.6. The Morgan fingerprint density at radius 3 is 3.13 bits per heavy atom. The highest BCUT2D eigenvalue weighted by Crippen LogP contribution is 2.39. The van der Waals surface area contributed by atoms with E-state index in [1.54, 1.807) is 18.6 Å². The number of nitrogens with two attached hydrogens (primary N) is 1. The highest BCUT2D eigenvalue weighted by atomic mass is 32.1. The number of ether oxygens (including phenoxy) is 3. The number of carbonyl (C=O) groups excluding carboxylic acids is 1. The molecule has 0 radical (unpaired) electrons. The zero-order valence-corrected chi connectivity index (χ0v) is 16.6. The van der Waals surface area contributed by atoms with Crippen molar-refractivity contribution in [1.82, 2.24) is 15.3 Å². The van der Waals surface area contributed by atoms with Gasteiger partial charge in [-0.1, -0.05) is 0 Å². The van der Waals surface area contributed by atoms with Crippen LogP contribution >= 0.6 is 11.3 Å². The van der Waals surface area contributed by atoms with Crippen molar-refractivity contribution in [3.8, 4) is 5.75 Å². The van der Waals surface area contributed by atoms with E-state index in [9.17, 15) is 13.6 Å². The molecule has 2 aliphatic rings. The Morgan fingerprint density at radius 1 is 1.53 bits per heavy atom. The molecule has 0 bridgehead atoms. The van der Waals surface area contributed by atoms with Crippen LogP contribution in [0, 0.1) is 12.8 Å². The van der Waals surface area contributed by atoms with Gasteiger partial charge in [0.15, 0.2) is 6.35 Å². The number of hydrogen-bond acceptors (Lipinski definition) is 9. The minimum Gasteiger partial charge on any atom is -0.499 e. The first-order chi connectivity index (χ1) is 14.4. The summed E-state index contributed by atoms with van der Waals surface area (Å²) in [5.41, 5.74) is 5.72.